The third-order valence-corrected chi connectivity index (χ3v) is 6.46. The van der Waals surface area contributed by atoms with Gasteiger partial charge in [-0.1, -0.05) is 60.1 Å². The Labute approximate surface area is 234 Å². The largest absolute Gasteiger partial charge is 0.489 e. The van der Waals surface area contributed by atoms with Crippen LogP contribution in [0.25, 0.3) is 0 Å². The third kappa shape index (κ3) is 5.85. The predicted octanol–water partition coefficient (Wildman–Crippen LogP) is 6.26. The highest BCUT2D eigenvalue weighted by Crippen LogP contribution is 2.44. The van der Waals surface area contributed by atoms with Gasteiger partial charge in [-0.3, -0.25) is 0 Å². The number of carbonyl (C=O) groups is 1. The lowest BCUT2D eigenvalue weighted by Crippen LogP contribution is -2.21. The van der Waals surface area contributed by atoms with Crippen LogP contribution in [0, 0.1) is 17.1 Å². The molecule has 4 aromatic rings. The zero-order valence-corrected chi connectivity index (χ0v) is 21.7. The van der Waals surface area contributed by atoms with Crippen molar-refractivity contribution >= 4 is 17.6 Å². The van der Waals surface area contributed by atoms with Crippen LogP contribution in [0.5, 0.6) is 23.0 Å². The molecule has 5 rings (SSSR count). The molecule has 0 radical (unpaired) electrons. The minimum absolute atomic E-state index is 0.0402. The first kappa shape index (κ1) is 26.6. The number of nitriles is 1. The predicted molar refractivity (Wildman–Crippen MR) is 145 cm³/mol. The second-order valence-electron chi connectivity index (χ2n) is 8.77. The molecule has 0 saturated heterocycles. The molecule has 4 aromatic carbocycles. The number of ether oxygens (including phenoxy) is 4. The van der Waals surface area contributed by atoms with Gasteiger partial charge in [-0.05, 0) is 42.0 Å². The van der Waals surface area contributed by atoms with Crippen LogP contribution in [0.2, 0.25) is 5.02 Å². The lowest BCUT2D eigenvalue weighted by molar-refractivity contribution is -0.136. The summed E-state index contributed by atoms with van der Waals surface area (Å²) in [7, 11) is 0. The molecular weight excluding hydrogens is 535 g/mol. The van der Waals surface area contributed by atoms with Gasteiger partial charge in [0.1, 0.15) is 47.1 Å². The van der Waals surface area contributed by atoms with E-state index in [2.05, 4.69) is 6.07 Å². The van der Waals surface area contributed by atoms with Crippen LogP contribution in [0.4, 0.5) is 4.39 Å². The van der Waals surface area contributed by atoms with Crippen molar-refractivity contribution in [3.63, 3.8) is 0 Å². The molecule has 0 aromatic heterocycles. The van der Waals surface area contributed by atoms with E-state index in [1.54, 1.807) is 72.8 Å². The van der Waals surface area contributed by atoms with Gasteiger partial charge in [-0.15, -0.1) is 0 Å². The Balaban J connectivity index is 1.35. The molecule has 0 spiro atoms. The number of carbonyl (C=O) groups excluding carboxylic acids is 1. The van der Waals surface area contributed by atoms with E-state index in [1.807, 2.05) is 6.07 Å². The van der Waals surface area contributed by atoms with E-state index in [9.17, 15) is 14.4 Å². The number of hydrogen-bond acceptors (Lipinski definition) is 7. The normalized spacial score (nSPS) is 14.0. The van der Waals surface area contributed by atoms with Crippen LogP contribution < -0.4 is 24.7 Å². The first-order valence-corrected chi connectivity index (χ1v) is 12.6. The fraction of sp³-hybridized carbons (Fsp3) is 0.0968. The topological polar surface area (TPSA) is 104 Å². The number of benzene rings is 4. The maximum Gasteiger partial charge on any atom is 0.349 e. The van der Waals surface area contributed by atoms with E-state index in [4.69, 9.17) is 36.3 Å². The zero-order chi connectivity index (χ0) is 28.1. The molecule has 0 fully saturated rings. The smallest absolute Gasteiger partial charge is 0.349 e. The Kier molecular flexibility index (Phi) is 7.85. The summed E-state index contributed by atoms with van der Waals surface area (Å²) in [6.07, 6.45) is 0. The molecular formula is C31H22ClFN2O5. The van der Waals surface area contributed by atoms with Crippen molar-refractivity contribution in [3.05, 3.63) is 130 Å². The van der Waals surface area contributed by atoms with E-state index in [1.165, 1.54) is 12.1 Å². The highest BCUT2D eigenvalue weighted by Gasteiger charge is 2.31. The number of para-hydroxylation sites is 1. The summed E-state index contributed by atoms with van der Waals surface area (Å²) < 4.78 is 36.4. The molecule has 1 unspecified atom stereocenters. The van der Waals surface area contributed by atoms with Crippen molar-refractivity contribution in [2.75, 3.05) is 6.61 Å². The molecule has 200 valence electrons. The standard InChI is InChI=1S/C31H22ClFN2O5/c32-25-9-2-4-11-27(25)38-18-29(36)39-22-12-13-23-28(15-22)40-31(35)24(16-34)30(23)19-7-5-8-21(14-19)37-17-20-6-1-3-10-26(20)33/h1-15,30H,17-18,35H2. The average molecular weight is 557 g/mol. The van der Waals surface area contributed by atoms with Crippen LogP contribution in [0.3, 0.4) is 0 Å². The number of allylic oxidation sites excluding steroid dienone is 1. The first-order chi connectivity index (χ1) is 19.4. The molecule has 7 nitrogen and oxygen atoms in total. The molecule has 0 saturated carbocycles. The summed E-state index contributed by atoms with van der Waals surface area (Å²) in [6, 6.07) is 27.2. The molecule has 0 bridgehead atoms. The fourth-order valence-corrected chi connectivity index (χ4v) is 4.45. The molecule has 1 aliphatic heterocycles. The monoisotopic (exact) mass is 556 g/mol. The van der Waals surface area contributed by atoms with Crippen molar-refractivity contribution in [1.82, 2.24) is 0 Å². The van der Waals surface area contributed by atoms with E-state index < -0.39 is 11.9 Å². The maximum absolute atomic E-state index is 14.0. The van der Waals surface area contributed by atoms with E-state index in [-0.39, 0.29) is 36.2 Å². The SMILES string of the molecule is N#CC1=C(N)Oc2cc(OC(=O)COc3ccccc3Cl)ccc2C1c1cccc(OCc2ccccc2F)c1. The maximum atomic E-state index is 14.0. The second kappa shape index (κ2) is 11.8. The number of fused-ring (bicyclic) bond motifs is 1. The summed E-state index contributed by atoms with van der Waals surface area (Å²) in [6.45, 7) is -0.316. The summed E-state index contributed by atoms with van der Waals surface area (Å²) in [4.78, 5) is 12.4. The molecule has 0 aliphatic carbocycles. The third-order valence-electron chi connectivity index (χ3n) is 6.15. The van der Waals surface area contributed by atoms with Gasteiger partial charge in [-0.2, -0.15) is 5.26 Å². The number of hydrogen-bond donors (Lipinski definition) is 1. The highest BCUT2D eigenvalue weighted by atomic mass is 35.5. The van der Waals surface area contributed by atoms with Crippen LogP contribution >= 0.6 is 11.6 Å². The molecule has 40 heavy (non-hydrogen) atoms. The van der Waals surface area contributed by atoms with Crippen LogP contribution in [-0.4, -0.2) is 12.6 Å². The molecule has 1 heterocycles. The molecule has 1 aliphatic rings. The van der Waals surface area contributed by atoms with Crippen molar-refractivity contribution in [2.24, 2.45) is 5.73 Å². The second-order valence-corrected chi connectivity index (χ2v) is 9.18. The first-order valence-electron chi connectivity index (χ1n) is 12.2. The van der Waals surface area contributed by atoms with Gasteiger partial charge in [0.25, 0.3) is 0 Å². The number of esters is 1. The Bertz CT molecular complexity index is 1650. The number of rotatable bonds is 8. The lowest BCUT2D eigenvalue weighted by atomic mass is 9.83. The summed E-state index contributed by atoms with van der Waals surface area (Å²) >= 11 is 6.05. The van der Waals surface area contributed by atoms with Crippen LogP contribution in [0.1, 0.15) is 22.6 Å². The quantitative estimate of drug-likeness (QED) is 0.202. The molecule has 0 amide bonds. The summed E-state index contributed by atoms with van der Waals surface area (Å²) in [5.41, 5.74) is 8.12. The Morgan fingerprint density at radius 3 is 2.58 bits per heavy atom. The van der Waals surface area contributed by atoms with Crippen molar-refractivity contribution < 1.29 is 28.1 Å². The Morgan fingerprint density at radius 2 is 1.77 bits per heavy atom. The summed E-state index contributed by atoms with van der Waals surface area (Å²) in [5, 5.41) is 10.3. The van der Waals surface area contributed by atoms with Gasteiger partial charge < -0.3 is 24.7 Å². The Hall–Kier alpha value is -5.00. The van der Waals surface area contributed by atoms with Gasteiger partial charge in [-0.25, -0.2) is 9.18 Å². The van der Waals surface area contributed by atoms with Crippen molar-refractivity contribution in [2.45, 2.75) is 12.5 Å². The van der Waals surface area contributed by atoms with E-state index >= 15 is 0 Å². The van der Waals surface area contributed by atoms with Gasteiger partial charge in [0.05, 0.1) is 10.9 Å². The zero-order valence-electron chi connectivity index (χ0n) is 21.0. The van der Waals surface area contributed by atoms with Gasteiger partial charge in [0, 0.05) is 17.2 Å². The molecule has 1 atom stereocenters. The average Bonchev–Trinajstić information content (AvgIpc) is 2.95. The number of halogens is 2. The molecule has 9 heteroatoms. The number of nitrogens with zero attached hydrogens (tertiary/aromatic N) is 1. The molecule has 2 N–H and O–H groups in total. The summed E-state index contributed by atoms with van der Waals surface area (Å²) in [5.74, 6) is -0.243. The minimum Gasteiger partial charge on any atom is -0.489 e. The minimum atomic E-state index is -0.645. The fourth-order valence-electron chi connectivity index (χ4n) is 4.26. The lowest BCUT2D eigenvalue weighted by Gasteiger charge is -2.27. The van der Waals surface area contributed by atoms with Gasteiger partial charge >= 0.3 is 5.97 Å². The van der Waals surface area contributed by atoms with Gasteiger partial charge in [0.15, 0.2) is 6.61 Å². The van der Waals surface area contributed by atoms with E-state index in [0.717, 1.165) is 0 Å². The van der Waals surface area contributed by atoms with Crippen molar-refractivity contribution in [3.8, 4) is 29.1 Å². The highest BCUT2D eigenvalue weighted by molar-refractivity contribution is 6.32. The van der Waals surface area contributed by atoms with Crippen LogP contribution in [0.15, 0.2) is 102 Å². The van der Waals surface area contributed by atoms with E-state index in [0.29, 0.717) is 39.0 Å². The van der Waals surface area contributed by atoms with Crippen LogP contribution in [-0.2, 0) is 11.4 Å². The Morgan fingerprint density at radius 1 is 0.975 bits per heavy atom. The van der Waals surface area contributed by atoms with Crippen molar-refractivity contribution in [1.29, 1.82) is 5.26 Å². The van der Waals surface area contributed by atoms with Gasteiger partial charge in [0.2, 0.25) is 5.88 Å². The number of nitrogens with two attached hydrogens (primary N) is 1.